The lowest BCUT2D eigenvalue weighted by molar-refractivity contribution is 0.0903. The minimum absolute atomic E-state index is 0.175. The molecule has 0 spiro atoms. The number of hydrogen-bond donors (Lipinski definition) is 1. The van der Waals surface area contributed by atoms with Gasteiger partial charge >= 0.3 is 0 Å². The van der Waals surface area contributed by atoms with Gasteiger partial charge in [0.05, 0.1) is 23.1 Å². The highest BCUT2D eigenvalue weighted by molar-refractivity contribution is 5.95. The van der Waals surface area contributed by atoms with E-state index in [1.54, 1.807) is 24.8 Å². The highest BCUT2D eigenvalue weighted by Gasteiger charge is 2.50. The monoisotopic (exact) mass is 360 g/mol. The lowest BCUT2D eigenvalue weighted by Gasteiger charge is -2.25. The number of nitrogens with zero attached hydrogens (tertiary/aromatic N) is 5. The summed E-state index contributed by atoms with van der Waals surface area (Å²) in [4.78, 5) is 26.0. The van der Waals surface area contributed by atoms with Crippen molar-refractivity contribution in [3.8, 4) is 5.82 Å². The maximum Gasteiger partial charge on any atom is 0.272 e. The van der Waals surface area contributed by atoms with Gasteiger partial charge < -0.3 is 5.32 Å². The summed E-state index contributed by atoms with van der Waals surface area (Å²) in [5.74, 6) is 1.60. The van der Waals surface area contributed by atoms with Crippen LogP contribution in [0.15, 0.2) is 43.0 Å². The molecule has 2 atom stereocenters. The molecule has 27 heavy (non-hydrogen) atoms. The van der Waals surface area contributed by atoms with Gasteiger partial charge in [0.1, 0.15) is 0 Å². The number of carbonyl (C=O) groups excluding carboxylic acids is 1. The van der Waals surface area contributed by atoms with Gasteiger partial charge in [-0.15, -0.1) is 0 Å². The van der Waals surface area contributed by atoms with Crippen molar-refractivity contribution in [3.05, 3.63) is 65.6 Å². The number of aromatic nitrogens is 5. The molecule has 0 aromatic carbocycles. The molecule has 0 bridgehead atoms. The predicted octanol–water partition coefficient (Wildman–Crippen LogP) is 2.38. The summed E-state index contributed by atoms with van der Waals surface area (Å²) in [7, 11) is 0. The van der Waals surface area contributed by atoms with Gasteiger partial charge in [0, 0.05) is 30.1 Å². The summed E-state index contributed by atoms with van der Waals surface area (Å²) in [5.41, 5.74) is 2.89. The average molecular weight is 360 g/mol. The Hall–Kier alpha value is -3.09. The van der Waals surface area contributed by atoms with E-state index >= 15 is 0 Å². The fourth-order valence-corrected chi connectivity index (χ4v) is 4.01. The summed E-state index contributed by atoms with van der Waals surface area (Å²) in [6, 6.07) is 5.70. The van der Waals surface area contributed by atoms with Crippen molar-refractivity contribution in [1.82, 2.24) is 30.0 Å². The van der Waals surface area contributed by atoms with Crippen molar-refractivity contribution in [3.63, 3.8) is 0 Å². The largest absolute Gasteiger partial charge is 0.340 e. The Labute approximate surface area is 156 Å². The van der Waals surface area contributed by atoms with Gasteiger partial charge in [-0.05, 0) is 44.7 Å². The van der Waals surface area contributed by atoms with Crippen LogP contribution in [0.5, 0.6) is 0 Å². The number of hydrogen-bond acceptors (Lipinski definition) is 5. The lowest BCUT2D eigenvalue weighted by Crippen LogP contribution is -2.42. The third-order valence-electron chi connectivity index (χ3n) is 5.48. The third-order valence-corrected chi connectivity index (χ3v) is 5.48. The van der Waals surface area contributed by atoms with Crippen LogP contribution in [-0.2, 0) is 12.0 Å². The molecule has 0 radical (unpaired) electrons. The zero-order valence-electron chi connectivity index (χ0n) is 15.3. The van der Waals surface area contributed by atoms with Crippen LogP contribution in [-0.4, -0.2) is 30.6 Å². The van der Waals surface area contributed by atoms with Gasteiger partial charge in [0.15, 0.2) is 11.5 Å². The van der Waals surface area contributed by atoms with Crippen LogP contribution < -0.4 is 5.32 Å². The molecule has 5 rings (SSSR count). The van der Waals surface area contributed by atoms with Crippen molar-refractivity contribution < 1.29 is 4.79 Å². The molecule has 1 N–H and O–H groups in total. The van der Waals surface area contributed by atoms with Gasteiger partial charge in [-0.1, -0.05) is 6.07 Å². The number of pyridine rings is 1. The van der Waals surface area contributed by atoms with Crippen LogP contribution in [0, 0.1) is 5.92 Å². The number of fused-ring (bicyclic) bond motifs is 3. The van der Waals surface area contributed by atoms with Gasteiger partial charge in [0.25, 0.3) is 5.91 Å². The Kier molecular flexibility index (Phi) is 3.40. The van der Waals surface area contributed by atoms with Crippen molar-refractivity contribution in [2.75, 3.05) is 0 Å². The minimum Gasteiger partial charge on any atom is -0.340 e. The van der Waals surface area contributed by atoms with Crippen molar-refractivity contribution >= 4 is 5.91 Å². The molecule has 136 valence electrons. The normalized spacial score (nSPS) is 20.1. The molecule has 1 amide bonds. The second-order valence-corrected chi connectivity index (χ2v) is 7.79. The maximum atomic E-state index is 13.1. The lowest BCUT2D eigenvalue weighted by atomic mass is 9.99. The highest BCUT2D eigenvalue weighted by Crippen LogP contribution is 2.57. The van der Waals surface area contributed by atoms with Crippen LogP contribution >= 0.6 is 0 Å². The summed E-state index contributed by atoms with van der Waals surface area (Å²) in [5, 5.41) is 7.74. The quantitative estimate of drug-likeness (QED) is 0.772. The van der Waals surface area contributed by atoms with Gasteiger partial charge in [-0.2, -0.15) is 5.10 Å². The van der Waals surface area contributed by atoms with E-state index in [0.717, 1.165) is 23.4 Å². The molecule has 3 aromatic heterocycles. The van der Waals surface area contributed by atoms with E-state index in [2.05, 4.69) is 25.4 Å². The zero-order chi connectivity index (χ0) is 18.6. The molecule has 0 aliphatic heterocycles. The average Bonchev–Trinajstić information content (AvgIpc) is 3.18. The topological polar surface area (TPSA) is 85.6 Å². The van der Waals surface area contributed by atoms with Crippen LogP contribution in [0.3, 0.4) is 0 Å². The van der Waals surface area contributed by atoms with Crippen molar-refractivity contribution in [2.24, 2.45) is 5.92 Å². The molecule has 1 fully saturated rings. The van der Waals surface area contributed by atoms with Crippen molar-refractivity contribution in [1.29, 1.82) is 0 Å². The SMILES string of the molecule is CC(C)(NC(=O)c1nn(-c2cnccn2)c2c1C[C@H]1C[C@@H]21)c1ccccn1. The summed E-state index contributed by atoms with van der Waals surface area (Å²) in [6.07, 6.45) is 8.77. The Morgan fingerprint density at radius 1 is 1.22 bits per heavy atom. The standard InChI is InChI=1S/C20H20N6O/c1-20(2,15-5-3-4-6-22-15)24-19(27)17-14-10-12-9-13(12)18(14)26(25-17)16-11-21-7-8-23-16/h3-8,11-13H,9-10H2,1-2H3,(H,24,27)/t12-,13-/m1/s1. The van der Waals surface area contributed by atoms with Gasteiger partial charge in [-0.3, -0.25) is 14.8 Å². The van der Waals surface area contributed by atoms with Gasteiger partial charge in [-0.25, -0.2) is 9.67 Å². The first kappa shape index (κ1) is 16.1. The van der Waals surface area contributed by atoms with Gasteiger partial charge in [0.2, 0.25) is 0 Å². The second kappa shape index (κ2) is 5.70. The first-order valence-electron chi connectivity index (χ1n) is 9.17. The van der Waals surface area contributed by atoms with Crippen LogP contribution in [0.1, 0.15) is 53.6 Å². The van der Waals surface area contributed by atoms with Crippen LogP contribution in [0.25, 0.3) is 5.82 Å². The van der Waals surface area contributed by atoms with Crippen molar-refractivity contribution in [2.45, 2.75) is 38.1 Å². The molecule has 7 heteroatoms. The molecule has 3 heterocycles. The fraction of sp³-hybridized carbons (Fsp3) is 0.350. The molecular formula is C20H20N6O. The fourth-order valence-electron chi connectivity index (χ4n) is 4.01. The van der Waals surface area contributed by atoms with E-state index in [4.69, 9.17) is 0 Å². The Balaban J connectivity index is 1.51. The van der Waals surface area contributed by atoms with E-state index in [1.807, 2.05) is 36.7 Å². The van der Waals surface area contributed by atoms with Crippen LogP contribution in [0.4, 0.5) is 0 Å². The van der Waals surface area contributed by atoms with E-state index in [-0.39, 0.29) is 5.91 Å². The minimum atomic E-state index is -0.594. The Bertz CT molecular complexity index is 1010. The summed E-state index contributed by atoms with van der Waals surface area (Å²) >= 11 is 0. The molecular weight excluding hydrogens is 340 g/mol. The Morgan fingerprint density at radius 3 is 2.85 bits per heavy atom. The second-order valence-electron chi connectivity index (χ2n) is 7.79. The Morgan fingerprint density at radius 2 is 2.11 bits per heavy atom. The van der Waals surface area contributed by atoms with E-state index in [9.17, 15) is 4.79 Å². The number of carbonyl (C=O) groups is 1. The number of nitrogens with one attached hydrogen (secondary N) is 1. The molecule has 1 saturated carbocycles. The van der Waals surface area contributed by atoms with Crippen LogP contribution in [0.2, 0.25) is 0 Å². The first-order valence-corrected chi connectivity index (χ1v) is 9.17. The third kappa shape index (κ3) is 2.61. The highest BCUT2D eigenvalue weighted by atomic mass is 16.2. The van der Waals surface area contributed by atoms with E-state index in [0.29, 0.717) is 23.3 Å². The summed E-state index contributed by atoms with van der Waals surface area (Å²) in [6.45, 7) is 3.90. The molecule has 0 unspecified atom stereocenters. The molecule has 2 aliphatic carbocycles. The zero-order valence-corrected chi connectivity index (χ0v) is 15.3. The van der Waals surface area contributed by atoms with E-state index in [1.165, 1.54) is 6.42 Å². The molecule has 7 nitrogen and oxygen atoms in total. The molecule has 3 aromatic rings. The predicted molar refractivity (Wildman–Crippen MR) is 98.4 cm³/mol. The first-order chi connectivity index (χ1) is 13.0. The summed E-state index contributed by atoms with van der Waals surface area (Å²) < 4.78 is 1.81. The number of amides is 1. The molecule has 0 saturated heterocycles. The van der Waals surface area contributed by atoms with E-state index < -0.39 is 5.54 Å². The maximum absolute atomic E-state index is 13.1. The number of rotatable bonds is 4. The smallest absolute Gasteiger partial charge is 0.272 e. The molecule has 2 aliphatic rings.